The molecule has 9 nitrogen and oxygen atoms in total. The molecule has 1 fully saturated rings. The van der Waals surface area contributed by atoms with Crippen LogP contribution in [0.15, 0.2) is 42.5 Å². The Morgan fingerprint density at radius 3 is 2.26 bits per heavy atom. The predicted molar refractivity (Wildman–Crippen MR) is 145 cm³/mol. The van der Waals surface area contributed by atoms with Crippen LogP contribution < -0.4 is 16.4 Å². The molecule has 5 N–H and O–H groups in total. The number of primary amides is 1. The van der Waals surface area contributed by atoms with E-state index in [1.54, 1.807) is 51.1 Å². The van der Waals surface area contributed by atoms with Crippen LogP contribution >= 0.6 is 11.6 Å². The summed E-state index contributed by atoms with van der Waals surface area (Å²) in [5.74, 6) is -2.80. The van der Waals surface area contributed by atoms with Gasteiger partial charge in [-0.3, -0.25) is 19.2 Å². The monoisotopic (exact) mass is 560 g/mol. The molecule has 4 atom stereocenters. The molecule has 1 saturated heterocycles. The summed E-state index contributed by atoms with van der Waals surface area (Å²) >= 11 is 5.88. The number of aliphatic hydroxyl groups excluding tert-OH is 1. The van der Waals surface area contributed by atoms with Gasteiger partial charge < -0.3 is 26.4 Å². The van der Waals surface area contributed by atoms with Gasteiger partial charge in [0.1, 0.15) is 23.9 Å². The van der Waals surface area contributed by atoms with Crippen LogP contribution in [0.5, 0.6) is 0 Å². The molecule has 0 radical (unpaired) electrons. The van der Waals surface area contributed by atoms with Crippen LogP contribution in [-0.2, 0) is 25.6 Å². The quantitative estimate of drug-likeness (QED) is 0.391. The second kappa shape index (κ2) is 12.1. The smallest absolute Gasteiger partial charge is 0.246 e. The van der Waals surface area contributed by atoms with Crippen molar-refractivity contribution in [2.75, 3.05) is 6.54 Å². The largest absolute Gasteiger partial charge is 0.391 e. The van der Waals surface area contributed by atoms with Crippen molar-refractivity contribution in [1.29, 1.82) is 0 Å². The second-order valence-electron chi connectivity index (χ2n) is 10.9. The molecule has 4 amide bonds. The second-order valence-corrected chi connectivity index (χ2v) is 11.3. The zero-order valence-electron chi connectivity index (χ0n) is 22.3. The Hall–Kier alpha value is -3.50. The number of amides is 4. The summed E-state index contributed by atoms with van der Waals surface area (Å²) in [4.78, 5) is 51.9. The lowest BCUT2D eigenvalue weighted by atomic mass is 9.85. The fourth-order valence-corrected chi connectivity index (χ4v) is 4.74. The SMILES string of the molecule is CC(=O)N[C@H](C(=O)N1C[C@H](O)C[C@H]1C(=O)N[C@H](Cc1ccc(-c2ccc(F)c(Cl)c2)cc1)C(N)=O)C(C)(C)C. The fourth-order valence-electron chi connectivity index (χ4n) is 4.56. The summed E-state index contributed by atoms with van der Waals surface area (Å²) in [5, 5.41) is 15.6. The van der Waals surface area contributed by atoms with Crippen molar-refractivity contribution in [1.82, 2.24) is 15.5 Å². The van der Waals surface area contributed by atoms with Crippen molar-refractivity contribution in [3.05, 3.63) is 58.9 Å². The van der Waals surface area contributed by atoms with E-state index in [2.05, 4.69) is 10.6 Å². The molecule has 0 saturated carbocycles. The Balaban J connectivity index is 1.74. The van der Waals surface area contributed by atoms with Crippen LogP contribution in [0.1, 0.15) is 39.7 Å². The van der Waals surface area contributed by atoms with Crippen LogP contribution in [-0.4, -0.2) is 64.4 Å². The minimum absolute atomic E-state index is 0.00327. The maximum absolute atomic E-state index is 13.5. The molecule has 3 rings (SSSR count). The topological polar surface area (TPSA) is 142 Å². The highest BCUT2D eigenvalue weighted by Gasteiger charge is 2.44. The number of β-amino-alcohol motifs (C(OH)–C–C–N with tert-alkyl or cyclic N) is 1. The van der Waals surface area contributed by atoms with Gasteiger partial charge in [-0.25, -0.2) is 4.39 Å². The number of likely N-dealkylation sites (tertiary alicyclic amines) is 1. The molecular formula is C28H34ClFN4O5. The standard InChI is InChI=1S/C28H34ClFN4O5/c1-15(35)32-24(28(2,3)4)27(39)34-14-19(36)13-23(34)26(38)33-22(25(31)37)11-16-5-7-17(8-6-16)18-9-10-21(30)20(29)12-18/h5-10,12,19,22-24,36H,11,13-14H2,1-4H3,(H2,31,37)(H,32,35)(H,33,38)/t19-,22-,23+,24-/m1/s1. The molecule has 210 valence electrons. The van der Waals surface area contributed by atoms with Crippen LogP contribution in [0.4, 0.5) is 4.39 Å². The first-order valence-corrected chi connectivity index (χ1v) is 12.9. The van der Waals surface area contributed by atoms with Crippen LogP contribution in [0.3, 0.4) is 0 Å². The summed E-state index contributed by atoms with van der Waals surface area (Å²) in [6.45, 7) is 6.57. The number of hydrogen-bond donors (Lipinski definition) is 4. The Morgan fingerprint density at radius 1 is 1.10 bits per heavy atom. The lowest BCUT2D eigenvalue weighted by molar-refractivity contribution is -0.144. The van der Waals surface area contributed by atoms with Gasteiger partial charge in [-0.1, -0.05) is 62.7 Å². The third-order valence-corrected chi connectivity index (χ3v) is 6.92. The molecule has 2 aromatic rings. The molecule has 39 heavy (non-hydrogen) atoms. The van der Waals surface area contributed by atoms with Crippen LogP contribution in [0.25, 0.3) is 11.1 Å². The number of hydrogen-bond acceptors (Lipinski definition) is 5. The Morgan fingerprint density at radius 2 is 1.72 bits per heavy atom. The molecule has 0 bridgehead atoms. The number of nitrogens with one attached hydrogen (secondary N) is 2. The van der Waals surface area contributed by atoms with Gasteiger partial charge >= 0.3 is 0 Å². The van der Waals surface area contributed by atoms with Gasteiger partial charge in [-0.15, -0.1) is 0 Å². The Kier molecular flexibility index (Phi) is 9.34. The summed E-state index contributed by atoms with van der Waals surface area (Å²) < 4.78 is 13.5. The zero-order valence-corrected chi connectivity index (χ0v) is 23.1. The first kappa shape index (κ1) is 30.0. The van der Waals surface area contributed by atoms with Gasteiger partial charge in [0, 0.05) is 26.3 Å². The average Bonchev–Trinajstić information content (AvgIpc) is 3.25. The molecule has 1 aliphatic heterocycles. The highest BCUT2D eigenvalue weighted by Crippen LogP contribution is 2.27. The molecule has 0 aromatic heterocycles. The predicted octanol–water partition coefficient (Wildman–Crippen LogP) is 2.17. The molecule has 11 heteroatoms. The van der Waals surface area contributed by atoms with E-state index >= 15 is 0 Å². The molecule has 0 unspecified atom stereocenters. The summed E-state index contributed by atoms with van der Waals surface area (Å²) in [6.07, 6.45) is -0.873. The number of aliphatic hydroxyl groups is 1. The van der Waals surface area contributed by atoms with E-state index in [1.165, 1.54) is 24.0 Å². The number of halogens is 2. The van der Waals surface area contributed by atoms with Crippen LogP contribution in [0, 0.1) is 11.2 Å². The molecule has 0 aliphatic carbocycles. The maximum atomic E-state index is 13.5. The Bertz CT molecular complexity index is 1250. The number of rotatable bonds is 8. The lowest BCUT2D eigenvalue weighted by Crippen LogP contribution is -2.58. The number of nitrogens with two attached hydrogens (primary N) is 1. The highest BCUT2D eigenvalue weighted by atomic mass is 35.5. The number of nitrogens with zero attached hydrogens (tertiary/aromatic N) is 1. The van der Waals surface area contributed by atoms with E-state index in [0.29, 0.717) is 11.1 Å². The first-order valence-electron chi connectivity index (χ1n) is 12.6. The van der Waals surface area contributed by atoms with Crippen LogP contribution in [0.2, 0.25) is 5.02 Å². The summed E-state index contributed by atoms with van der Waals surface area (Å²) in [7, 11) is 0. The highest BCUT2D eigenvalue weighted by molar-refractivity contribution is 6.31. The fraction of sp³-hybridized carbons (Fsp3) is 0.429. The van der Waals surface area contributed by atoms with Gasteiger partial charge in [-0.2, -0.15) is 0 Å². The van der Waals surface area contributed by atoms with Gasteiger partial charge in [0.25, 0.3) is 0 Å². The molecule has 1 aliphatic rings. The minimum Gasteiger partial charge on any atom is -0.391 e. The van der Waals surface area contributed by atoms with E-state index in [-0.39, 0.29) is 24.4 Å². The van der Waals surface area contributed by atoms with E-state index < -0.39 is 59.1 Å². The molecule has 1 heterocycles. The number of carbonyl (C=O) groups excluding carboxylic acids is 4. The van der Waals surface area contributed by atoms with Crippen molar-refractivity contribution in [2.24, 2.45) is 11.1 Å². The third kappa shape index (κ3) is 7.54. The Labute approximate surface area is 231 Å². The summed E-state index contributed by atoms with van der Waals surface area (Å²) in [5.41, 5.74) is 7.12. The van der Waals surface area contributed by atoms with Gasteiger partial charge in [0.05, 0.1) is 11.1 Å². The van der Waals surface area contributed by atoms with Crippen molar-refractivity contribution in [3.8, 4) is 11.1 Å². The maximum Gasteiger partial charge on any atom is 0.246 e. The van der Waals surface area contributed by atoms with Gasteiger partial charge in [-0.05, 0) is 34.2 Å². The van der Waals surface area contributed by atoms with E-state index in [9.17, 15) is 28.7 Å². The number of carbonyl (C=O) groups is 4. The van der Waals surface area contributed by atoms with Crippen molar-refractivity contribution < 1.29 is 28.7 Å². The van der Waals surface area contributed by atoms with E-state index in [1.807, 2.05) is 0 Å². The zero-order chi connectivity index (χ0) is 29.1. The van der Waals surface area contributed by atoms with Gasteiger partial charge in [0.15, 0.2) is 0 Å². The number of benzene rings is 2. The van der Waals surface area contributed by atoms with E-state index in [4.69, 9.17) is 17.3 Å². The molecule has 0 spiro atoms. The van der Waals surface area contributed by atoms with Crippen molar-refractivity contribution >= 4 is 35.2 Å². The van der Waals surface area contributed by atoms with Crippen molar-refractivity contribution in [2.45, 2.75) is 64.8 Å². The average molecular weight is 561 g/mol. The third-order valence-electron chi connectivity index (χ3n) is 6.63. The molecular weight excluding hydrogens is 527 g/mol. The summed E-state index contributed by atoms with van der Waals surface area (Å²) in [6, 6.07) is 8.42. The van der Waals surface area contributed by atoms with E-state index in [0.717, 1.165) is 5.56 Å². The molecule has 2 aromatic carbocycles. The van der Waals surface area contributed by atoms with Gasteiger partial charge in [0.2, 0.25) is 23.6 Å². The van der Waals surface area contributed by atoms with Crippen molar-refractivity contribution in [3.63, 3.8) is 0 Å². The minimum atomic E-state index is -1.08. The first-order chi connectivity index (χ1) is 18.2. The lowest BCUT2D eigenvalue weighted by Gasteiger charge is -2.35. The normalized spacial score (nSPS) is 18.8.